The van der Waals surface area contributed by atoms with E-state index >= 15 is 0 Å². The predicted octanol–water partition coefficient (Wildman–Crippen LogP) is 2.95. The summed E-state index contributed by atoms with van der Waals surface area (Å²) in [5, 5.41) is 11.6. The first kappa shape index (κ1) is 25.9. The molecule has 1 saturated heterocycles. The Bertz CT molecular complexity index is 1150. The minimum Gasteiger partial charge on any atom is -0.383 e. The zero-order valence-corrected chi connectivity index (χ0v) is 18.5. The quantitative estimate of drug-likeness (QED) is 0.491. The van der Waals surface area contributed by atoms with Gasteiger partial charge in [0.15, 0.2) is 0 Å². The molecular weight excluding hydrogens is 475 g/mol. The number of nitrogens with zero attached hydrogens (tertiary/aromatic N) is 3. The van der Waals surface area contributed by atoms with Gasteiger partial charge in [0.1, 0.15) is 17.7 Å². The Labute approximate surface area is 197 Å². The third-order valence-electron chi connectivity index (χ3n) is 5.50. The number of carbonyl (C=O) groups excluding carboxylic acids is 2. The van der Waals surface area contributed by atoms with Crippen LogP contribution in [0.5, 0.6) is 0 Å². The van der Waals surface area contributed by atoms with Gasteiger partial charge in [-0.3, -0.25) is 9.59 Å². The smallest absolute Gasteiger partial charge is 0.383 e. The lowest BCUT2D eigenvalue weighted by Crippen LogP contribution is -2.60. The molecule has 3 rings (SSSR count). The molecule has 1 N–H and O–H groups in total. The van der Waals surface area contributed by atoms with Crippen molar-refractivity contribution in [1.29, 1.82) is 5.26 Å². The lowest BCUT2D eigenvalue weighted by Gasteiger charge is -2.42. The van der Waals surface area contributed by atoms with Crippen LogP contribution < -0.4 is 10.2 Å². The minimum absolute atomic E-state index is 0.0308. The third-order valence-corrected chi connectivity index (χ3v) is 5.50. The number of rotatable bonds is 6. The van der Waals surface area contributed by atoms with Gasteiger partial charge < -0.3 is 19.9 Å². The van der Waals surface area contributed by atoms with Crippen molar-refractivity contribution in [2.24, 2.45) is 0 Å². The molecule has 1 aliphatic rings. The van der Waals surface area contributed by atoms with Gasteiger partial charge in [-0.1, -0.05) is 0 Å². The average Bonchev–Trinajstić information content (AvgIpc) is 2.82. The molecule has 1 aliphatic heterocycles. The fourth-order valence-electron chi connectivity index (χ4n) is 3.77. The summed E-state index contributed by atoms with van der Waals surface area (Å²) in [6, 6.07) is 5.95. The lowest BCUT2D eigenvalue weighted by molar-refractivity contribution is -0.137. The average molecular weight is 496 g/mol. The number of amides is 2. The number of piperazine rings is 1. The second-order valence-corrected chi connectivity index (χ2v) is 7.71. The monoisotopic (exact) mass is 496 g/mol. The number of benzene rings is 2. The molecule has 1 heterocycles. The third kappa shape index (κ3) is 5.86. The van der Waals surface area contributed by atoms with Crippen LogP contribution >= 0.6 is 0 Å². The van der Waals surface area contributed by atoms with E-state index in [2.05, 4.69) is 5.32 Å². The number of hydrogen-bond acceptors (Lipinski definition) is 5. The fraction of sp³-hybridized carbons (Fsp3) is 0.348. The van der Waals surface area contributed by atoms with Crippen LogP contribution in [0.3, 0.4) is 0 Å². The Hall–Kier alpha value is -3.72. The van der Waals surface area contributed by atoms with Crippen molar-refractivity contribution in [2.45, 2.75) is 12.2 Å². The molecule has 0 aliphatic carbocycles. The molecule has 35 heavy (non-hydrogen) atoms. The number of hydrogen-bond donors (Lipinski definition) is 1. The summed E-state index contributed by atoms with van der Waals surface area (Å²) in [5.74, 6) is -3.30. The summed E-state index contributed by atoms with van der Waals surface area (Å²) in [4.78, 5) is 28.4. The molecule has 1 atom stereocenters. The van der Waals surface area contributed by atoms with Gasteiger partial charge in [0.25, 0.3) is 5.91 Å². The van der Waals surface area contributed by atoms with Gasteiger partial charge in [0.05, 0.1) is 35.9 Å². The molecule has 2 aromatic carbocycles. The Morgan fingerprint density at radius 1 is 1.17 bits per heavy atom. The number of halogens is 5. The maximum atomic E-state index is 14.2. The molecule has 0 radical (unpaired) electrons. The number of nitriles is 1. The molecule has 1 unspecified atom stereocenters. The predicted molar refractivity (Wildman–Crippen MR) is 114 cm³/mol. The molecule has 2 aromatic rings. The van der Waals surface area contributed by atoms with Crippen molar-refractivity contribution in [1.82, 2.24) is 10.2 Å². The molecule has 7 nitrogen and oxygen atoms in total. The molecule has 186 valence electrons. The van der Waals surface area contributed by atoms with Gasteiger partial charge in [-0.15, -0.1) is 0 Å². The summed E-state index contributed by atoms with van der Waals surface area (Å²) in [6.07, 6.45) is -4.80. The van der Waals surface area contributed by atoms with Crippen LogP contribution in [-0.2, 0) is 15.7 Å². The number of methoxy groups -OCH3 is 1. The van der Waals surface area contributed by atoms with E-state index in [0.717, 1.165) is 24.3 Å². The number of alkyl halides is 3. The van der Waals surface area contributed by atoms with Crippen LogP contribution in [0.15, 0.2) is 36.4 Å². The van der Waals surface area contributed by atoms with Crippen molar-refractivity contribution in [2.75, 3.05) is 44.8 Å². The van der Waals surface area contributed by atoms with Gasteiger partial charge in [-0.2, -0.15) is 18.4 Å². The van der Waals surface area contributed by atoms with Crippen LogP contribution in [0.1, 0.15) is 21.5 Å². The van der Waals surface area contributed by atoms with E-state index < -0.39 is 52.4 Å². The van der Waals surface area contributed by atoms with Crippen molar-refractivity contribution >= 4 is 17.5 Å². The van der Waals surface area contributed by atoms with E-state index in [9.17, 15) is 31.5 Å². The number of anilines is 1. The van der Waals surface area contributed by atoms with Crippen LogP contribution in [-0.4, -0.2) is 62.7 Å². The molecule has 0 saturated carbocycles. The first-order valence-corrected chi connectivity index (χ1v) is 10.5. The van der Waals surface area contributed by atoms with E-state index in [1.54, 1.807) is 0 Å². The summed E-state index contributed by atoms with van der Waals surface area (Å²) in [7, 11) is 1.42. The van der Waals surface area contributed by atoms with Crippen molar-refractivity contribution in [3.8, 4) is 6.07 Å². The summed E-state index contributed by atoms with van der Waals surface area (Å²) >= 11 is 0. The van der Waals surface area contributed by atoms with Crippen molar-refractivity contribution < 1.29 is 36.3 Å². The Morgan fingerprint density at radius 3 is 2.54 bits per heavy atom. The molecule has 0 spiro atoms. The highest BCUT2D eigenvalue weighted by Gasteiger charge is 2.38. The minimum atomic E-state index is -4.80. The summed E-state index contributed by atoms with van der Waals surface area (Å²) in [6.45, 7) is -0.0762. The Morgan fingerprint density at radius 2 is 1.91 bits per heavy atom. The van der Waals surface area contributed by atoms with Crippen LogP contribution in [0.4, 0.5) is 27.6 Å². The van der Waals surface area contributed by atoms with Crippen LogP contribution in [0.2, 0.25) is 0 Å². The van der Waals surface area contributed by atoms with E-state index in [1.807, 2.05) is 0 Å². The largest absolute Gasteiger partial charge is 0.417 e. The summed E-state index contributed by atoms with van der Waals surface area (Å²) < 4.78 is 72.8. The van der Waals surface area contributed by atoms with Gasteiger partial charge in [0.2, 0.25) is 5.91 Å². The molecule has 1 fully saturated rings. The molecular formula is C23H21F5N4O3. The SMILES string of the molecule is COCCNC(=O)C1CN(C(=O)c2ccc(F)cc2F)CCN1c1ccc(C#N)c(C(F)(F)F)c1. The van der Waals surface area contributed by atoms with Crippen molar-refractivity contribution in [3.63, 3.8) is 0 Å². The van der Waals surface area contributed by atoms with E-state index in [4.69, 9.17) is 10.00 Å². The van der Waals surface area contributed by atoms with Gasteiger partial charge in [0, 0.05) is 38.5 Å². The molecule has 0 bridgehead atoms. The highest BCUT2D eigenvalue weighted by molar-refractivity contribution is 5.96. The molecule has 12 heteroatoms. The van der Waals surface area contributed by atoms with Crippen molar-refractivity contribution in [3.05, 3.63) is 64.7 Å². The van der Waals surface area contributed by atoms with E-state index in [0.29, 0.717) is 6.07 Å². The second-order valence-electron chi connectivity index (χ2n) is 7.71. The molecule has 0 aromatic heterocycles. The van der Waals surface area contributed by atoms with Gasteiger partial charge in [-0.05, 0) is 30.3 Å². The van der Waals surface area contributed by atoms with Crippen LogP contribution in [0, 0.1) is 23.0 Å². The maximum absolute atomic E-state index is 14.2. The lowest BCUT2D eigenvalue weighted by atomic mass is 10.0. The van der Waals surface area contributed by atoms with Gasteiger partial charge >= 0.3 is 6.18 Å². The standard InChI is InChI=1S/C23H21F5N4O3/c1-35-9-6-30-21(33)20-13-31(22(34)17-5-3-15(24)10-19(17)25)7-8-32(20)16-4-2-14(12-29)18(11-16)23(26,27)28/h2-5,10-11,20H,6-9,13H2,1H3,(H,30,33). The highest BCUT2D eigenvalue weighted by Crippen LogP contribution is 2.35. The first-order valence-electron chi connectivity index (χ1n) is 10.5. The fourth-order valence-corrected chi connectivity index (χ4v) is 3.77. The van der Waals surface area contributed by atoms with E-state index in [-0.39, 0.29) is 38.5 Å². The second kappa shape index (κ2) is 10.7. The van der Waals surface area contributed by atoms with Crippen LogP contribution in [0.25, 0.3) is 0 Å². The zero-order valence-electron chi connectivity index (χ0n) is 18.5. The maximum Gasteiger partial charge on any atom is 0.417 e. The number of nitrogens with one attached hydrogen (secondary N) is 1. The number of ether oxygens (including phenoxy) is 1. The first-order chi connectivity index (χ1) is 16.6. The number of carbonyl (C=O) groups is 2. The topological polar surface area (TPSA) is 85.7 Å². The zero-order chi connectivity index (χ0) is 25.8. The molecule has 2 amide bonds. The van der Waals surface area contributed by atoms with Gasteiger partial charge in [-0.25, -0.2) is 8.78 Å². The Balaban J connectivity index is 1.93. The van der Waals surface area contributed by atoms with E-state index in [1.165, 1.54) is 29.0 Å². The summed E-state index contributed by atoms with van der Waals surface area (Å²) in [5.41, 5.74) is -2.08. The highest BCUT2D eigenvalue weighted by atomic mass is 19.4. The Kier molecular flexibility index (Phi) is 7.91. The normalized spacial score (nSPS) is 16.1.